The Bertz CT molecular complexity index is 652. The summed E-state index contributed by atoms with van der Waals surface area (Å²) in [7, 11) is 0. The lowest BCUT2D eigenvalue weighted by Crippen LogP contribution is -2.21. The highest BCUT2D eigenvalue weighted by Crippen LogP contribution is 2.32. The fourth-order valence-corrected chi connectivity index (χ4v) is 2.80. The number of hydrogen-bond acceptors (Lipinski definition) is 2. The van der Waals surface area contributed by atoms with Gasteiger partial charge in [0.15, 0.2) is 0 Å². The van der Waals surface area contributed by atoms with E-state index in [-0.39, 0.29) is 0 Å². The Kier molecular flexibility index (Phi) is 4.18. The lowest BCUT2D eigenvalue weighted by Gasteiger charge is -2.11. The van der Waals surface area contributed by atoms with Gasteiger partial charge in [0.2, 0.25) is 0 Å². The van der Waals surface area contributed by atoms with Crippen LogP contribution < -0.4 is 10.1 Å². The Balaban J connectivity index is 1.84. The van der Waals surface area contributed by atoms with Crippen LogP contribution in [-0.2, 0) is 13.0 Å². The molecule has 0 aromatic heterocycles. The molecule has 0 spiro atoms. The van der Waals surface area contributed by atoms with Crippen molar-refractivity contribution in [1.29, 1.82) is 0 Å². The molecule has 0 bridgehead atoms. The zero-order valence-electron chi connectivity index (χ0n) is 12.4. The van der Waals surface area contributed by atoms with Crippen molar-refractivity contribution in [2.24, 2.45) is 0 Å². The molecular weight excluding hydrogens is 282 g/mol. The smallest absolute Gasteiger partial charge is 0.122 e. The van der Waals surface area contributed by atoms with Crippen LogP contribution in [-0.4, -0.2) is 12.6 Å². The van der Waals surface area contributed by atoms with Gasteiger partial charge in [0.1, 0.15) is 5.75 Å². The second kappa shape index (κ2) is 6.08. The van der Waals surface area contributed by atoms with E-state index in [9.17, 15) is 0 Å². The molecule has 1 heterocycles. The van der Waals surface area contributed by atoms with E-state index in [4.69, 9.17) is 16.3 Å². The molecule has 0 aliphatic carbocycles. The molecule has 0 saturated heterocycles. The Morgan fingerprint density at radius 3 is 2.67 bits per heavy atom. The van der Waals surface area contributed by atoms with Crippen molar-refractivity contribution >= 4 is 11.6 Å². The van der Waals surface area contributed by atoms with Gasteiger partial charge in [-0.2, -0.15) is 0 Å². The second-order valence-corrected chi connectivity index (χ2v) is 6.17. The van der Waals surface area contributed by atoms with Crippen LogP contribution in [0.4, 0.5) is 0 Å². The minimum Gasteiger partial charge on any atom is -0.493 e. The molecule has 110 valence electrons. The highest BCUT2D eigenvalue weighted by atomic mass is 35.5. The van der Waals surface area contributed by atoms with Crippen LogP contribution in [0, 0.1) is 0 Å². The van der Waals surface area contributed by atoms with Gasteiger partial charge in [0.25, 0.3) is 0 Å². The first-order chi connectivity index (χ1) is 10.1. The first-order valence-electron chi connectivity index (χ1n) is 7.41. The molecule has 3 heteroatoms. The number of benzene rings is 2. The van der Waals surface area contributed by atoms with Crippen LogP contribution in [0.5, 0.6) is 5.75 Å². The standard InChI is InChI=1S/C18H20ClNO/c1-12(2)20-11-16-4-3-14(10-17(16)19)13-5-6-18-15(9-13)7-8-21-18/h3-6,9-10,12,20H,7-8,11H2,1-2H3. The molecule has 0 radical (unpaired) electrons. The summed E-state index contributed by atoms with van der Waals surface area (Å²) >= 11 is 6.42. The quantitative estimate of drug-likeness (QED) is 0.901. The third-order valence-corrected chi connectivity index (χ3v) is 4.13. The summed E-state index contributed by atoms with van der Waals surface area (Å²) in [5.41, 5.74) is 4.78. The average Bonchev–Trinajstić information content (AvgIpc) is 2.93. The number of halogens is 1. The molecule has 3 rings (SSSR count). The predicted molar refractivity (Wildman–Crippen MR) is 88.1 cm³/mol. The van der Waals surface area contributed by atoms with Gasteiger partial charge >= 0.3 is 0 Å². The number of rotatable bonds is 4. The van der Waals surface area contributed by atoms with Crippen molar-refractivity contribution in [2.45, 2.75) is 32.9 Å². The summed E-state index contributed by atoms with van der Waals surface area (Å²) in [4.78, 5) is 0. The molecule has 1 N–H and O–H groups in total. The number of fused-ring (bicyclic) bond motifs is 1. The first kappa shape index (κ1) is 14.4. The van der Waals surface area contributed by atoms with Gasteiger partial charge in [-0.25, -0.2) is 0 Å². The lowest BCUT2D eigenvalue weighted by atomic mass is 10.0. The van der Waals surface area contributed by atoms with Crippen molar-refractivity contribution in [3.05, 3.63) is 52.5 Å². The summed E-state index contributed by atoms with van der Waals surface area (Å²) in [6, 6.07) is 13.1. The molecule has 2 aromatic rings. The van der Waals surface area contributed by atoms with E-state index < -0.39 is 0 Å². The fourth-order valence-electron chi connectivity index (χ4n) is 2.55. The maximum atomic E-state index is 6.42. The predicted octanol–water partition coefficient (Wildman–Crippen LogP) is 4.44. The highest BCUT2D eigenvalue weighted by molar-refractivity contribution is 6.31. The van der Waals surface area contributed by atoms with Gasteiger partial charge in [-0.05, 0) is 40.5 Å². The molecule has 0 unspecified atom stereocenters. The lowest BCUT2D eigenvalue weighted by molar-refractivity contribution is 0.357. The van der Waals surface area contributed by atoms with Crippen LogP contribution in [0.3, 0.4) is 0 Å². The molecule has 0 fully saturated rings. The van der Waals surface area contributed by atoms with E-state index in [1.54, 1.807) is 0 Å². The van der Waals surface area contributed by atoms with Crippen molar-refractivity contribution in [3.63, 3.8) is 0 Å². The second-order valence-electron chi connectivity index (χ2n) is 5.76. The van der Waals surface area contributed by atoms with Crippen LogP contribution >= 0.6 is 11.6 Å². The minimum atomic E-state index is 0.456. The minimum absolute atomic E-state index is 0.456. The van der Waals surface area contributed by atoms with Gasteiger partial charge in [0.05, 0.1) is 6.61 Å². The van der Waals surface area contributed by atoms with Crippen molar-refractivity contribution in [1.82, 2.24) is 5.32 Å². The van der Waals surface area contributed by atoms with Crippen LogP contribution in [0.1, 0.15) is 25.0 Å². The average molecular weight is 302 g/mol. The topological polar surface area (TPSA) is 21.3 Å². The SMILES string of the molecule is CC(C)NCc1ccc(-c2ccc3c(c2)CCO3)cc1Cl. The van der Waals surface area contributed by atoms with E-state index in [0.717, 1.165) is 41.5 Å². The maximum Gasteiger partial charge on any atom is 0.122 e. The van der Waals surface area contributed by atoms with Gasteiger partial charge in [0, 0.05) is 24.0 Å². The van der Waals surface area contributed by atoms with E-state index in [2.05, 4.69) is 55.6 Å². The molecule has 0 saturated carbocycles. The zero-order valence-corrected chi connectivity index (χ0v) is 13.2. The van der Waals surface area contributed by atoms with Gasteiger partial charge < -0.3 is 10.1 Å². The fraction of sp³-hybridized carbons (Fsp3) is 0.333. The molecule has 2 nitrogen and oxygen atoms in total. The van der Waals surface area contributed by atoms with E-state index >= 15 is 0 Å². The van der Waals surface area contributed by atoms with E-state index in [1.165, 1.54) is 11.1 Å². The first-order valence-corrected chi connectivity index (χ1v) is 7.79. The summed E-state index contributed by atoms with van der Waals surface area (Å²) in [6.07, 6.45) is 0.993. The van der Waals surface area contributed by atoms with Gasteiger partial charge in [-0.3, -0.25) is 0 Å². The van der Waals surface area contributed by atoms with Gasteiger partial charge in [-0.1, -0.05) is 43.6 Å². The van der Waals surface area contributed by atoms with Crippen molar-refractivity contribution < 1.29 is 4.74 Å². The van der Waals surface area contributed by atoms with Crippen LogP contribution in [0.2, 0.25) is 5.02 Å². The normalized spacial score (nSPS) is 13.3. The van der Waals surface area contributed by atoms with Crippen LogP contribution in [0.15, 0.2) is 36.4 Å². The third-order valence-electron chi connectivity index (χ3n) is 3.78. The summed E-state index contributed by atoms with van der Waals surface area (Å²) < 4.78 is 5.55. The highest BCUT2D eigenvalue weighted by Gasteiger charge is 2.13. The monoisotopic (exact) mass is 301 g/mol. The van der Waals surface area contributed by atoms with Gasteiger partial charge in [-0.15, -0.1) is 0 Å². The largest absolute Gasteiger partial charge is 0.493 e. The number of hydrogen-bond donors (Lipinski definition) is 1. The van der Waals surface area contributed by atoms with E-state index in [1.807, 2.05) is 0 Å². The van der Waals surface area contributed by atoms with Crippen LogP contribution in [0.25, 0.3) is 11.1 Å². The Morgan fingerprint density at radius 2 is 1.90 bits per heavy atom. The zero-order chi connectivity index (χ0) is 14.8. The van der Waals surface area contributed by atoms with Crippen molar-refractivity contribution in [3.8, 4) is 16.9 Å². The maximum absolute atomic E-state index is 6.42. The molecular formula is C18H20ClNO. The number of ether oxygens (including phenoxy) is 1. The molecule has 0 atom stereocenters. The molecule has 2 aromatic carbocycles. The number of nitrogens with one attached hydrogen (secondary N) is 1. The van der Waals surface area contributed by atoms with E-state index in [0.29, 0.717) is 6.04 Å². The Morgan fingerprint density at radius 1 is 1.14 bits per heavy atom. The third kappa shape index (κ3) is 3.22. The molecule has 1 aliphatic heterocycles. The van der Waals surface area contributed by atoms with Crippen molar-refractivity contribution in [2.75, 3.05) is 6.61 Å². The molecule has 0 amide bonds. The molecule has 1 aliphatic rings. The summed E-state index contributed by atoms with van der Waals surface area (Å²) in [6.45, 7) is 5.86. The Hall–Kier alpha value is -1.51. The summed E-state index contributed by atoms with van der Waals surface area (Å²) in [5, 5.41) is 4.21. The molecule has 21 heavy (non-hydrogen) atoms. The summed E-state index contributed by atoms with van der Waals surface area (Å²) in [5.74, 6) is 1.02. The Labute approximate surface area is 131 Å².